The van der Waals surface area contributed by atoms with E-state index >= 15 is 0 Å². The molecule has 0 N–H and O–H groups in total. The minimum atomic E-state index is 0.631. The molecule has 3 aromatic rings. The lowest BCUT2D eigenvalue weighted by molar-refractivity contribution is 0.900. The molecule has 4 rings (SSSR count). The van der Waals surface area contributed by atoms with Crippen molar-refractivity contribution in [3.05, 3.63) is 42.0 Å². The van der Waals surface area contributed by atoms with Crippen LogP contribution < -0.4 is 5.72 Å². The van der Waals surface area contributed by atoms with E-state index in [-0.39, 0.29) is 0 Å². The molecule has 0 amide bonds. The summed E-state index contributed by atoms with van der Waals surface area (Å²) in [5.74, 6) is 0.742. The highest BCUT2D eigenvalue weighted by molar-refractivity contribution is 7.80. The van der Waals surface area contributed by atoms with E-state index in [0.717, 1.165) is 17.3 Å². The third-order valence-electron chi connectivity index (χ3n) is 4.00. The second-order valence-electron chi connectivity index (χ2n) is 5.38. The van der Waals surface area contributed by atoms with Gasteiger partial charge in [0.2, 0.25) is 0 Å². The number of fused-ring (bicyclic) bond motifs is 1. The molecule has 0 radical (unpaired) electrons. The summed E-state index contributed by atoms with van der Waals surface area (Å²) in [5.41, 5.74) is 3.44. The molecule has 0 atom stereocenters. The Labute approximate surface area is 123 Å². The Morgan fingerprint density at radius 2 is 1.80 bits per heavy atom. The maximum absolute atomic E-state index is 4.42. The lowest BCUT2D eigenvalue weighted by Crippen LogP contribution is -2.18. The van der Waals surface area contributed by atoms with Gasteiger partial charge in [0.05, 0.1) is 11.4 Å². The van der Waals surface area contributed by atoms with Crippen molar-refractivity contribution < 1.29 is 0 Å². The van der Waals surface area contributed by atoms with Crippen LogP contribution >= 0.6 is 12.6 Å². The first kappa shape index (κ1) is 12.0. The quantitative estimate of drug-likeness (QED) is 0.573. The van der Waals surface area contributed by atoms with E-state index in [9.17, 15) is 0 Å². The molecule has 0 saturated heterocycles. The lowest BCUT2D eigenvalue weighted by atomic mass is 9.99. The third kappa shape index (κ3) is 1.77. The summed E-state index contributed by atoms with van der Waals surface area (Å²) in [6.45, 7) is 0. The standard InChI is InChI=1S/C15H14BN3S/c16-14-17-18-15(20)19(14)13-8-7-10(9-5-6-9)11-3-1-2-4-12(11)13/h1-4,7-9H,5-6,16H2,(H,18,20). The van der Waals surface area contributed by atoms with Gasteiger partial charge >= 0.3 is 0 Å². The summed E-state index contributed by atoms with van der Waals surface area (Å²) in [6.07, 6.45) is 2.62. The average molecular weight is 279 g/mol. The zero-order valence-electron chi connectivity index (χ0n) is 11.2. The van der Waals surface area contributed by atoms with Gasteiger partial charge in [0, 0.05) is 5.39 Å². The second-order valence-corrected chi connectivity index (χ2v) is 5.78. The minimum Gasteiger partial charge on any atom is -0.283 e. The van der Waals surface area contributed by atoms with E-state index in [0.29, 0.717) is 5.16 Å². The fraction of sp³-hybridized carbons (Fsp3) is 0.200. The number of hydrogen-bond acceptors (Lipinski definition) is 3. The van der Waals surface area contributed by atoms with Crippen LogP contribution in [-0.4, -0.2) is 22.6 Å². The number of nitrogens with zero attached hydrogens (tertiary/aromatic N) is 3. The van der Waals surface area contributed by atoms with Gasteiger partial charge in [0.1, 0.15) is 0 Å². The third-order valence-corrected chi connectivity index (χ3v) is 4.29. The van der Waals surface area contributed by atoms with Crippen LogP contribution in [0.1, 0.15) is 24.3 Å². The Hall–Kier alpha value is -1.75. The minimum absolute atomic E-state index is 0.631. The number of rotatable bonds is 2. The zero-order valence-corrected chi connectivity index (χ0v) is 12.1. The van der Waals surface area contributed by atoms with Crippen molar-refractivity contribution in [3.8, 4) is 5.69 Å². The first-order valence-electron chi connectivity index (χ1n) is 6.88. The molecular formula is C15H14BN3S. The highest BCUT2D eigenvalue weighted by Crippen LogP contribution is 2.44. The highest BCUT2D eigenvalue weighted by atomic mass is 32.1. The molecule has 1 heterocycles. The first-order valence-corrected chi connectivity index (χ1v) is 7.33. The molecular weight excluding hydrogens is 265 g/mol. The zero-order chi connectivity index (χ0) is 13.7. The normalized spacial score (nSPS) is 14.8. The smallest absolute Gasteiger partial charge is 0.192 e. The predicted molar refractivity (Wildman–Crippen MR) is 86.3 cm³/mol. The van der Waals surface area contributed by atoms with Crippen LogP contribution in [0.5, 0.6) is 0 Å². The van der Waals surface area contributed by atoms with Gasteiger partial charge in [-0.1, -0.05) is 30.3 Å². The van der Waals surface area contributed by atoms with Crippen molar-refractivity contribution >= 4 is 37.0 Å². The predicted octanol–water partition coefficient (Wildman–Crippen LogP) is 1.84. The molecule has 1 saturated carbocycles. The van der Waals surface area contributed by atoms with E-state index in [2.05, 4.69) is 59.2 Å². The molecule has 0 spiro atoms. The Kier molecular flexibility index (Phi) is 2.64. The van der Waals surface area contributed by atoms with Crippen LogP contribution in [0.15, 0.2) is 41.6 Å². The number of benzene rings is 2. The molecule has 1 aliphatic carbocycles. The Balaban J connectivity index is 2.04. The van der Waals surface area contributed by atoms with Crippen LogP contribution in [0.3, 0.4) is 0 Å². The molecule has 98 valence electrons. The molecule has 1 fully saturated rings. The van der Waals surface area contributed by atoms with E-state index in [1.54, 1.807) is 0 Å². The first-order chi connectivity index (χ1) is 9.75. The van der Waals surface area contributed by atoms with Crippen LogP contribution in [-0.2, 0) is 0 Å². The fourth-order valence-electron chi connectivity index (χ4n) is 2.89. The number of thiol groups is 1. The molecule has 1 aromatic heterocycles. The number of aromatic nitrogens is 3. The van der Waals surface area contributed by atoms with Gasteiger partial charge in [-0.05, 0) is 35.8 Å². The van der Waals surface area contributed by atoms with Gasteiger partial charge in [0.15, 0.2) is 13.0 Å². The summed E-state index contributed by atoms with van der Waals surface area (Å²) in [4.78, 5) is 0. The largest absolute Gasteiger partial charge is 0.283 e. The average Bonchev–Trinajstić information content (AvgIpc) is 3.25. The topological polar surface area (TPSA) is 30.7 Å². The van der Waals surface area contributed by atoms with Gasteiger partial charge < -0.3 is 0 Å². The molecule has 1 aliphatic rings. The van der Waals surface area contributed by atoms with Crippen molar-refractivity contribution in [1.82, 2.24) is 14.8 Å². The molecule has 0 unspecified atom stereocenters. The van der Waals surface area contributed by atoms with Crippen molar-refractivity contribution in [3.63, 3.8) is 0 Å². The molecule has 5 heteroatoms. The van der Waals surface area contributed by atoms with Crippen LogP contribution in [0, 0.1) is 0 Å². The molecule has 0 bridgehead atoms. The van der Waals surface area contributed by atoms with Crippen LogP contribution in [0.4, 0.5) is 0 Å². The Morgan fingerprint density at radius 1 is 1.05 bits per heavy atom. The Bertz CT molecular complexity index is 788. The van der Waals surface area contributed by atoms with Crippen LogP contribution in [0.25, 0.3) is 16.5 Å². The summed E-state index contributed by atoms with van der Waals surface area (Å²) >= 11 is 4.42. The summed E-state index contributed by atoms with van der Waals surface area (Å²) in [6, 6.07) is 13.0. The van der Waals surface area contributed by atoms with Crippen LogP contribution in [0.2, 0.25) is 0 Å². The molecule has 2 aromatic carbocycles. The van der Waals surface area contributed by atoms with Gasteiger partial charge in [-0.25, -0.2) is 0 Å². The van der Waals surface area contributed by atoms with Gasteiger partial charge in [-0.3, -0.25) is 4.57 Å². The van der Waals surface area contributed by atoms with Gasteiger partial charge in [-0.15, -0.1) is 22.8 Å². The molecule has 0 aliphatic heterocycles. The molecule has 3 nitrogen and oxygen atoms in total. The van der Waals surface area contributed by atoms with E-state index in [1.807, 2.05) is 12.4 Å². The van der Waals surface area contributed by atoms with Crippen molar-refractivity contribution in [2.45, 2.75) is 23.9 Å². The van der Waals surface area contributed by atoms with Crippen molar-refractivity contribution in [1.29, 1.82) is 0 Å². The Morgan fingerprint density at radius 3 is 2.45 bits per heavy atom. The number of hydrogen-bond donors (Lipinski definition) is 1. The van der Waals surface area contributed by atoms with Crippen molar-refractivity contribution in [2.75, 3.05) is 0 Å². The van der Waals surface area contributed by atoms with E-state index in [4.69, 9.17) is 0 Å². The summed E-state index contributed by atoms with van der Waals surface area (Å²) in [5, 5.41) is 11.4. The van der Waals surface area contributed by atoms with Gasteiger partial charge in [-0.2, -0.15) is 0 Å². The molecule has 20 heavy (non-hydrogen) atoms. The summed E-state index contributed by atoms with van der Waals surface area (Å²) in [7, 11) is 1.95. The lowest BCUT2D eigenvalue weighted by Gasteiger charge is -2.13. The maximum Gasteiger partial charge on any atom is 0.192 e. The van der Waals surface area contributed by atoms with E-state index in [1.165, 1.54) is 29.2 Å². The summed E-state index contributed by atoms with van der Waals surface area (Å²) < 4.78 is 2.00. The SMILES string of the molecule is Bc1nnc(S)n1-c1ccc(C2CC2)c2ccccc12. The second kappa shape index (κ2) is 4.38. The van der Waals surface area contributed by atoms with E-state index < -0.39 is 0 Å². The van der Waals surface area contributed by atoms with Gasteiger partial charge in [0.25, 0.3) is 0 Å². The van der Waals surface area contributed by atoms with Crippen molar-refractivity contribution in [2.24, 2.45) is 0 Å². The fourth-order valence-corrected chi connectivity index (χ4v) is 3.18. The highest BCUT2D eigenvalue weighted by Gasteiger charge is 2.26. The monoisotopic (exact) mass is 279 g/mol. The maximum atomic E-state index is 4.42.